The SMILES string of the molecule is COc1ccc2c(c1)CC1(CCN(c3nc(C)c(-c4cccc(C)c4C)nc3CO)CC1)C2. The number of benzene rings is 2. The second kappa shape index (κ2) is 8.45. The van der Waals surface area contributed by atoms with E-state index in [9.17, 15) is 5.11 Å². The third-order valence-electron chi connectivity index (χ3n) is 7.80. The molecule has 2 aromatic carbocycles. The highest BCUT2D eigenvalue weighted by Gasteiger charge is 2.40. The predicted molar refractivity (Wildman–Crippen MR) is 132 cm³/mol. The largest absolute Gasteiger partial charge is 0.497 e. The Morgan fingerprint density at radius 2 is 1.76 bits per heavy atom. The molecule has 5 nitrogen and oxygen atoms in total. The fourth-order valence-electron chi connectivity index (χ4n) is 5.65. The quantitative estimate of drug-likeness (QED) is 0.618. The molecule has 0 atom stereocenters. The molecule has 0 unspecified atom stereocenters. The summed E-state index contributed by atoms with van der Waals surface area (Å²) in [6, 6.07) is 12.8. The lowest BCUT2D eigenvalue weighted by Gasteiger charge is -2.40. The Hall–Kier alpha value is -2.92. The second-order valence-corrected chi connectivity index (χ2v) is 9.81. The minimum atomic E-state index is -0.104. The first-order valence-electron chi connectivity index (χ1n) is 11.9. The number of nitrogens with zero attached hydrogens (tertiary/aromatic N) is 3. The zero-order valence-electron chi connectivity index (χ0n) is 20.1. The Morgan fingerprint density at radius 3 is 2.48 bits per heavy atom. The molecule has 1 aromatic heterocycles. The molecular formula is C28H33N3O2. The van der Waals surface area contributed by atoms with Gasteiger partial charge in [0.15, 0.2) is 5.82 Å². The van der Waals surface area contributed by atoms with Crippen molar-refractivity contribution < 1.29 is 9.84 Å². The maximum Gasteiger partial charge on any atom is 0.153 e. The number of rotatable bonds is 4. The number of aliphatic hydroxyl groups is 1. The lowest BCUT2D eigenvalue weighted by Crippen LogP contribution is -2.41. The van der Waals surface area contributed by atoms with Gasteiger partial charge >= 0.3 is 0 Å². The lowest BCUT2D eigenvalue weighted by molar-refractivity contribution is 0.230. The monoisotopic (exact) mass is 443 g/mol. The standard InChI is InChI=1S/C28H33N3O2/c1-18-6-5-7-24(19(18)2)26-20(3)29-27(25(17-32)30-26)31-12-10-28(11-13-31)15-21-8-9-23(33-4)14-22(21)16-28/h5-9,14,32H,10-13,15-17H2,1-4H3. The fraction of sp³-hybridized carbons (Fsp3) is 0.429. The van der Waals surface area contributed by atoms with Gasteiger partial charge in [0.1, 0.15) is 11.4 Å². The highest BCUT2D eigenvalue weighted by atomic mass is 16.5. The zero-order valence-corrected chi connectivity index (χ0v) is 20.1. The lowest BCUT2D eigenvalue weighted by atomic mass is 9.76. The summed E-state index contributed by atoms with van der Waals surface area (Å²) in [5, 5.41) is 10.2. The van der Waals surface area contributed by atoms with Gasteiger partial charge in [0.05, 0.1) is 25.1 Å². The van der Waals surface area contributed by atoms with Crippen LogP contribution in [-0.2, 0) is 19.4 Å². The molecule has 3 aromatic rings. The number of aromatic nitrogens is 2. The molecule has 2 heterocycles. The molecule has 1 aliphatic heterocycles. The van der Waals surface area contributed by atoms with E-state index in [-0.39, 0.29) is 6.61 Å². The average molecular weight is 444 g/mol. The van der Waals surface area contributed by atoms with Crippen molar-refractivity contribution >= 4 is 5.82 Å². The highest BCUT2D eigenvalue weighted by molar-refractivity contribution is 5.68. The van der Waals surface area contributed by atoms with Crippen LogP contribution in [0.4, 0.5) is 5.82 Å². The van der Waals surface area contributed by atoms with Gasteiger partial charge in [-0.3, -0.25) is 0 Å². The summed E-state index contributed by atoms with van der Waals surface area (Å²) in [5.74, 6) is 1.79. The first-order valence-corrected chi connectivity index (χ1v) is 11.9. The van der Waals surface area contributed by atoms with Gasteiger partial charge in [0, 0.05) is 18.7 Å². The van der Waals surface area contributed by atoms with E-state index in [0.717, 1.165) is 67.3 Å². The number of fused-ring (bicyclic) bond motifs is 1. The number of aryl methyl sites for hydroxylation is 2. The van der Waals surface area contributed by atoms with E-state index >= 15 is 0 Å². The second-order valence-electron chi connectivity index (χ2n) is 9.81. The Kier molecular flexibility index (Phi) is 5.61. The third-order valence-corrected chi connectivity index (χ3v) is 7.80. The topological polar surface area (TPSA) is 58.5 Å². The molecule has 33 heavy (non-hydrogen) atoms. The average Bonchev–Trinajstić information content (AvgIpc) is 3.18. The van der Waals surface area contributed by atoms with Gasteiger partial charge in [-0.1, -0.05) is 24.3 Å². The number of hydrogen-bond acceptors (Lipinski definition) is 5. The van der Waals surface area contributed by atoms with Crippen molar-refractivity contribution in [1.29, 1.82) is 0 Å². The van der Waals surface area contributed by atoms with Crippen LogP contribution < -0.4 is 9.64 Å². The zero-order chi connectivity index (χ0) is 23.2. The van der Waals surface area contributed by atoms with Gasteiger partial charge in [-0.25, -0.2) is 9.97 Å². The van der Waals surface area contributed by atoms with E-state index < -0.39 is 0 Å². The number of methoxy groups -OCH3 is 1. The van der Waals surface area contributed by atoms with Gasteiger partial charge in [-0.2, -0.15) is 0 Å². The maximum atomic E-state index is 10.2. The molecule has 0 amide bonds. The molecule has 0 bridgehead atoms. The summed E-state index contributed by atoms with van der Waals surface area (Å²) >= 11 is 0. The van der Waals surface area contributed by atoms with Crippen molar-refractivity contribution in [3.05, 3.63) is 70.0 Å². The highest BCUT2D eigenvalue weighted by Crippen LogP contribution is 2.46. The van der Waals surface area contributed by atoms with Gasteiger partial charge in [0.25, 0.3) is 0 Å². The van der Waals surface area contributed by atoms with E-state index in [1.807, 2.05) is 6.92 Å². The van der Waals surface area contributed by atoms with Crippen LogP contribution in [0.2, 0.25) is 0 Å². The van der Waals surface area contributed by atoms with Crippen molar-refractivity contribution in [3.8, 4) is 17.0 Å². The fourth-order valence-corrected chi connectivity index (χ4v) is 5.65. The number of piperidine rings is 1. The maximum absolute atomic E-state index is 10.2. The van der Waals surface area contributed by atoms with Gasteiger partial charge in [0.2, 0.25) is 0 Å². The summed E-state index contributed by atoms with van der Waals surface area (Å²) in [7, 11) is 1.73. The number of hydrogen-bond donors (Lipinski definition) is 1. The van der Waals surface area contributed by atoms with E-state index in [0.29, 0.717) is 11.1 Å². The Labute approximate surface area is 196 Å². The van der Waals surface area contributed by atoms with Crippen LogP contribution in [-0.4, -0.2) is 35.3 Å². The summed E-state index contributed by atoms with van der Waals surface area (Å²) in [5.41, 5.74) is 9.23. The Morgan fingerprint density at radius 1 is 1.00 bits per heavy atom. The summed E-state index contributed by atoms with van der Waals surface area (Å²) in [6.07, 6.45) is 4.50. The van der Waals surface area contributed by atoms with Crippen LogP contribution >= 0.6 is 0 Å². The number of aliphatic hydroxyl groups excluding tert-OH is 1. The van der Waals surface area contributed by atoms with Crippen LogP contribution in [0.1, 0.15) is 46.5 Å². The molecule has 0 saturated carbocycles. The molecule has 1 spiro atoms. The van der Waals surface area contributed by atoms with Crippen LogP contribution in [0.15, 0.2) is 36.4 Å². The summed E-state index contributed by atoms with van der Waals surface area (Å²) in [6.45, 7) is 8.04. The Bertz CT molecular complexity index is 1200. The van der Waals surface area contributed by atoms with Crippen molar-refractivity contribution in [3.63, 3.8) is 0 Å². The van der Waals surface area contributed by atoms with Crippen molar-refractivity contribution in [1.82, 2.24) is 9.97 Å². The molecule has 172 valence electrons. The molecule has 0 radical (unpaired) electrons. The molecule has 2 aliphatic rings. The van der Waals surface area contributed by atoms with E-state index in [4.69, 9.17) is 14.7 Å². The number of anilines is 1. The molecule has 1 aliphatic carbocycles. The smallest absolute Gasteiger partial charge is 0.153 e. The molecular weight excluding hydrogens is 410 g/mol. The van der Waals surface area contributed by atoms with Crippen molar-refractivity contribution in [2.24, 2.45) is 5.41 Å². The number of ether oxygens (including phenoxy) is 1. The Balaban J connectivity index is 1.38. The predicted octanol–water partition coefficient (Wildman–Crippen LogP) is 4.96. The van der Waals surface area contributed by atoms with Gasteiger partial charge < -0.3 is 14.7 Å². The minimum absolute atomic E-state index is 0.104. The van der Waals surface area contributed by atoms with E-state index in [2.05, 4.69) is 55.1 Å². The van der Waals surface area contributed by atoms with Crippen LogP contribution in [0, 0.1) is 26.2 Å². The first-order chi connectivity index (χ1) is 15.9. The minimum Gasteiger partial charge on any atom is -0.497 e. The third kappa shape index (κ3) is 3.89. The van der Waals surface area contributed by atoms with Gasteiger partial charge in [-0.05, 0) is 86.3 Å². The van der Waals surface area contributed by atoms with Crippen molar-refractivity contribution in [2.45, 2.75) is 53.1 Å². The summed E-state index contributed by atoms with van der Waals surface area (Å²) in [4.78, 5) is 12.2. The molecule has 1 fully saturated rings. The molecule has 5 heteroatoms. The van der Waals surface area contributed by atoms with Crippen LogP contribution in [0.5, 0.6) is 5.75 Å². The van der Waals surface area contributed by atoms with Gasteiger partial charge in [-0.15, -0.1) is 0 Å². The van der Waals surface area contributed by atoms with E-state index in [1.54, 1.807) is 7.11 Å². The van der Waals surface area contributed by atoms with E-state index in [1.165, 1.54) is 22.3 Å². The summed E-state index contributed by atoms with van der Waals surface area (Å²) < 4.78 is 5.44. The van der Waals surface area contributed by atoms with Crippen LogP contribution in [0.25, 0.3) is 11.3 Å². The molecule has 1 N–H and O–H groups in total. The van der Waals surface area contributed by atoms with Crippen molar-refractivity contribution in [2.75, 3.05) is 25.1 Å². The first kappa shape index (κ1) is 21.9. The molecule has 1 saturated heterocycles. The van der Waals surface area contributed by atoms with Crippen LogP contribution in [0.3, 0.4) is 0 Å². The molecule has 5 rings (SSSR count). The normalized spacial score (nSPS) is 16.8.